The molecular weight excluding hydrogens is 372 g/mol. The van der Waals surface area contributed by atoms with E-state index < -0.39 is 0 Å². The zero-order valence-electron chi connectivity index (χ0n) is 15.8. The van der Waals surface area contributed by atoms with Gasteiger partial charge in [-0.25, -0.2) is 0 Å². The molecule has 2 amide bonds. The Morgan fingerprint density at radius 1 is 0.964 bits per heavy atom. The van der Waals surface area contributed by atoms with Gasteiger partial charge in [0.25, 0.3) is 5.91 Å². The van der Waals surface area contributed by atoms with Gasteiger partial charge in [-0.2, -0.15) is 0 Å². The van der Waals surface area contributed by atoms with Gasteiger partial charge in [-0.15, -0.1) is 10.2 Å². The molecule has 3 rings (SSSR count). The standard InChI is InChI=1S/C21H22N4O2S/c1-14(2)12-19-24-25-21(28-19)23-20(27)16-8-10-17(11-9-16)22-18(26)13-15-6-4-3-5-7-15/h3-11,14H,12-13H2,1-2H3,(H,22,26)(H,23,25,27). The smallest absolute Gasteiger partial charge is 0.257 e. The molecule has 7 heteroatoms. The summed E-state index contributed by atoms with van der Waals surface area (Å²) in [7, 11) is 0. The molecule has 0 aliphatic carbocycles. The number of benzene rings is 2. The van der Waals surface area contributed by atoms with E-state index in [4.69, 9.17) is 0 Å². The second-order valence-corrected chi connectivity index (χ2v) is 7.90. The first-order chi connectivity index (χ1) is 13.5. The first-order valence-corrected chi connectivity index (χ1v) is 9.89. The van der Waals surface area contributed by atoms with Crippen LogP contribution in [0.5, 0.6) is 0 Å². The Hall–Kier alpha value is -3.06. The summed E-state index contributed by atoms with van der Waals surface area (Å²) in [5.41, 5.74) is 2.08. The van der Waals surface area contributed by atoms with Crippen LogP contribution in [0.2, 0.25) is 0 Å². The minimum Gasteiger partial charge on any atom is -0.326 e. The molecule has 144 valence electrons. The van der Waals surface area contributed by atoms with Crippen molar-refractivity contribution < 1.29 is 9.59 Å². The molecule has 2 aromatic carbocycles. The molecular formula is C21H22N4O2S. The third-order valence-electron chi connectivity index (χ3n) is 3.91. The van der Waals surface area contributed by atoms with Gasteiger partial charge >= 0.3 is 0 Å². The highest BCUT2D eigenvalue weighted by Gasteiger charge is 2.11. The molecule has 0 saturated carbocycles. The van der Waals surface area contributed by atoms with Crippen LogP contribution in [0.4, 0.5) is 10.8 Å². The van der Waals surface area contributed by atoms with Gasteiger partial charge in [0.05, 0.1) is 6.42 Å². The van der Waals surface area contributed by atoms with Crippen LogP contribution in [0, 0.1) is 5.92 Å². The van der Waals surface area contributed by atoms with Gasteiger partial charge in [-0.05, 0) is 35.7 Å². The quantitative estimate of drug-likeness (QED) is 0.630. The van der Waals surface area contributed by atoms with E-state index in [1.807, 2.05) is 30.3 Å². The van der Waals surface area contributed by atoms with Gasteiger partial charge in [0.15, 0.2) is 0 Å². The minimum absolute atomic E-state index is 0.102. The van der Waals surface area contributed by atoms with Crippen molar-refractivity contribution in [3.05, 3.63) is 70.7 Å². The lowest BCUT2D eigenvalue weighted by Crippen LogP contribution is -2.15. The number of nitrogens with one attached hydrogen (secondary N) is 2. The van der Waals surface area contributed by atoms with E-state index in [0.29, 0.717) is 28.7 Å². The number of amides is 2. The fourth-order valence-corrected chi connectivity index (χ4v) is 3.54. The van der Waals surface area contributed by atoms with Gasteiger partial charge in [-0.1, -0.05) is 55.5 Å². The Labute approximate surface area is 168 Å². The summed E-state index contributed by atoms with van der Waals surface area (Å²) in [5.74, 6) is 0.130. The van der Waals surface area contributed by atoms with Crippen molar-refractivity contribution in [2.45, 2.75) is 26.7 Å². The number of rotatable bonds is 7. The molecule has 3 aromatic rings. The van der Waals surface area contributed by atoms with E-state index in [-0.39, 0.29) is 11.8 Å². The molecule has 0 aliphatic heterocycles. The highest BCUT2D eigenvalue weighted by molar-refractivity contribution is 7.15. The lowest BCUT2D eigenvalue weighted by Gasteiger charge is -2.07. The second-order valence-electron chi connectivity index (χ2n) is 6.84. The van der Waals surface area contributed by atoms with Crippen LogP contribution in [-0.4, -0.2) is 22.0 Å². The highest BCUT2D eigenvalue weighted by Crippen LogP contribution is 2.19. The number of nitrogens with zero attached hydrogens (tertiary/aromatic N) is 2. The average Bonchev–Trinajstić information content (AvgIpc) is 3.09. The van der Waals surface area contributed by atoms with Gasteiger partial charge < -0.3 is 5.32 Å². The van der Waals surface area contributed by atoms with Crippen LogP contribution in [0.1, 0.15) is 34.8 Å². The van der Waals surface area contributed by atoms with E-state index in [1.54, 1.807) is 24.3 Å². The first-order valence-electron chi connectivity index (χ1n) is 9.07. The zero-order valence-corrected chi connectivity index (χ0v) is 16.6. The predicted octanol–water partition coefficient (Wildman–Crippen LogP) is 4.17. The molecule has 0 bridgehead atoms. The maximum absolute atomic E-state index is 12.4. The van der Waals surface area contributed by atoms with Crippen molar-refractivity contribution >= 4 is 34.0 Å². The highest BCUT2D eigenvalue weighted by atomic mass is 32.1. The fraction of sp³-hybridized carbons (Fsp3) is 0.238. The van der Waals surface area contributed by atoms with E-state index in [2.05, 4.69) is 34.7 Å². The monoisotopic (exact) mass is 394 g/mol. The lowest BCUT2D eigenvalue weighted by atomic mass is 10.1. The molecule has 1 aromatic heterocycles. The molecule has 0 spiro atoms. The Morgan fingerprint density at radius 2 is 1.68 bits per heavy atom. The SMILES string of the molecule is CC(C)Cc1nnc(NC(=O)c2ccc(NC(=O)Cc3ccccc3)cc2)s1. The van der Waals surface area contributed by atoms with E-state index in [1.165, 1.54) is 11.3 Å². The van der Waals surface area contributed by atoms with Crippen molar-refractivity contribution in [3.63, 3.8) is 0 Å². The lowest BCUT2D eigenvalue weighted by molar-refractivity contribution is -0.115. The van der Waals surface area contributed by atoms with Crippen LogP contribution in [-0.2, 0) is 17.6 Å². The van der Waals surface area contributed by atoms with E-state index >= 15 is 0 Å². The molecule has 2 N–H and O–H groups in total. The molecule has 0 fully saturated rings. The summed E-state index contributed by atoms with van der Waals surface area (Å²) in [5, 5.41) is 15.1. The third-order valence-corrected chi connectivity index (χ3v) is 4.77. The zero-order chi connectivity index (χ0) is 19.9. The predicted molar refractivity (Wildman–Crippen MR) is 112 cm³/mol. The number of carbonyl (C=O) groups excluding carboxylic acids is 2. The summed E-state index contributed by atoms with van der Waals surface area (Å²) < 4.78 is 0. The van der Waals surface area contributed by atoms with Crippen LogP contribution in [0.25, 0.3) is 0 Å². The summed E-state index contributed by atoms with van der Waals surface area (Å²) in [6, 6.07) is 16.3. The van der Waals surface area contributed by atoms with Gasteiger partial charge in [-0.3, -0.25) is 14.9 Å². The van der Waals surface area contributed by atoms with Gasteiger partial charge in [0.2, 0.25) is 11.0 Å². The number of hydrogen-bond donors (Lipinski definition) is 2. The van der Waals surface area contributed by atoms with Crippen molar-refractivity contribution in [1.82, 2.24) is 10.2 Å². The molecule has 0 atom stereocenters. The molecule has 6 nitrogen and oxygen atoms in total. The normalized spacial score (nSPS) is 10.7. The summed E-state index contributed by atoms with van der Waals surface area (Å²) >= 11 is 1.39. The maximum Gasteiger partial charge on any atom is 0.257 e. The molecule has 28 heavy (non-hydrogen) atoms. The Morgan fingerprint density at radius 3 is 2.36 bits per heavy atom. The minimum atomic E-state index is -0.255. The van der Waals surface area contributed by atoms with Crippen LogP contribution < -0.4 is 10.6 Å². The molecule has 1 heterocycles. The molecule has 0 unspecified atom stereocenters. The van der Waals surface area contributed by atoms with E-state index in [0.717, 1.165) is 17.0 Å². The maximum atomic E-state index is 12.4. The summed E-state index contributed by atoms with van der Waals surface area (Å²) in [6.07, 6.45) is 1.14. The third kappa shape index (κ3) is 5.72. The second kappa shape index (κ2) is 9.23. The summed E-state index contributed by atoms with van der Waals surface area (Å²) in [4.78, 5) is 24.5. The van der Waals surface area contributed by atoms with Gasteiger partial charge in [0.1, 0.15) is 5.01 Å². The van der Waals surface area contributed by atoms with Crippen LogP contribution in [0.3, 0.4) is 0 Å². The molecule has 0 radical (unpaired) electrons. The number of carbonyl (C=O) groups is 2. The Balaban J connectivity index is 1.55. The van der Waals surface area contributed by atoms with Crippen molar-refractivity contribution in [1.29, 1.82) is 0 Å². The number of aromatic nitrogens is 2. The number of anilines is 2. The van der Waals surface area contributed by atoms with Crippen molar-refractivity contribution in [3.8, 4) is 0 Å². The largest absolute Gasteiger partial charge is 0.326 e. The topological polar surface area (TPSA) is 84.0 Å². The van der Waals surface area contributed by atoms with Gasteiger partial charge in [0, 0.05) is 17.7 Å². The molecule has 0 saturated heterocycles. The Kier molecular flexibility index (Phi) is 6.49. The van der Waals surface area contributed by atoms with Crippen molar-refractivity contribution in [2.75, 3.05) is 10.6 Å². The Bertz CT molecular complexity index is 937. The first kappa shape index (κ1) is 19.7. The average molecular weight is 395 g/mol. The summed E-state index contributed by atoms with van der Waals surface area (Å²) in [6.45, 7) is 4.22. The van der Waals surface area contributed by atoms with E-state index in [9.17, 15) is 9.59 Å². The van der Waals surface area contributed by atoms with Crippen LogP contribution >= 0.6 is 11.3 Å². The fourth-order valence-electron chi connectivity index (χ4n) is 2.60. The molecule has 0 aliphatic rings. The van der Waals surface area contributed by atoms with Crippen LogP contribution in [0.15, 0.2) is 54.6 Å². The number of hydrogen-bond acceptors (Lipinski definition) is 5. The van der Waals surface area contributed by atoms with Crippen molar-refractivity contribution in [2.24, 2.45) is 5.92 Å².